The van der Waals surface area contributed by atoms with E-state index in [2.05, 4.69) is 26.2 Å². The Morgan fingerprint density at radius 3 is 1.86 bits per heavy atom. The zero-order valence-corrected chi connectivity index (χ0v) is 12.5. The second kappa shape index (κ2) is 5.92. The highest BCUT2D eigenvalue weighted by atomic mass is 19.1. The fourth-order valence-electron chi connectivity index (χ4n) is 2.30. The van der Waals surface area contributed by atoms with E-state index in [0.717, 1.165) is 11.6 Å². The van der Waals surface area contributed by atoms with Gasteiger partial charge in [0.15, 0.2) is 0 Å². The van der Waals surface area contributed by atoms with E-state index >= 15 is 0 Å². The molecule has 0 saturated carbocycles. The molecule has 0 aliphatic carbocycles. The van der Waals surface area contributed by atoms with Gasteiger partial charge >= 0.3 is 0 Å². The fourth-order valence-corrected chi connectivity index (χ4v) is 2.30. The highest BCUT2D eigenvalue weighted by Gasteiger charge is 2.17. The van der Waals surface area contributed by atoms with Crippen molar-refractivity contribution in [2.75, 3.05) is 0 Å². The first-order valence-corrected chi connectivity index (χ1v) is 6.84. The smallest absolute Gasteiger partial charge is 0.126 e. The third kappa shape index (κ3) is 3.65. The molecular formula is C17H20F2N2. The largest absolute Gasteiger partial charge is 0.271 e. The van der Waals surface area contributed by atoms with E-state index in [1.54, 1.807) is 0 Å². The number of halogens is 2. The molecule has 0 radical (unpaired) electrons. The maximum atomic E-state index is 13.4. The average Bonchev–Trinajstić information content (AvgIpc) is 2.38. The van der Waals surface area contributed by atoms with E-state index < -0.39 is 17.7 Å². The summed E-state index contributed by atoms with van der Waals surface area (Å²) in [6.45, 7) is 6.38. The molecule has 0 aliphatic rings. The van der Waals surface area contributed by atoms with Crippen LogP contribution in [0.5, 0.6) is 0 Å². The monoisotopic (exact) mass is 290 g/mol. The summed E-state index contributed by atoms with van der Waals surface area (Å²) >= 11 is 0. The van der Waals surface area contributed by atoms with Crippen LogP contribution in [0.3, 0.4) is 0 Å². The van der Waals surface area contributed by atoms with Crippen molar-refractivity contribution in [1.82, 2.24) is 5.43 Å². The SMILES string of the molecule is CC(C)(C)c1ccc(C(NN)c2cc(F)cc(F)c2)cc1. The minimum atomic E-state index is -0.614. The van der Waals surface area contributed by atoms with Crippen LogP contribution in [-0.4, -0.2) is 0 Å². The van der Waals surface area contributed by atoms with Crippen LogP contribution < -0.4 is 11.3 Å². The molecule has 2 aromatic carbocycles. The van der Waals surface area contributed by atoms with Crippen molar-refractivity contribution < 1.29 is 8.78 Å². The molecule has 2 rings (SSSR count). The molecule has 1 atom stereocenters. The molecule has 112 valence electrons. The molecule has 0 amide bonds. The van der Waals surface area contributed by atoms with Crippen molar-refractivity contribution in [1.29, 1.82) is 0 Å². The molecule has 0 aromatic heterocycles. The van der Waals surface area contributed by atoms with Crippen LogP contribution in [0, 0.1) is 11.6 Å². The van der Waals surface area contributed by atoms with Crippen LogP contribution in [0.25, 0.3) is 0 Å². The average molecular weight is 290 g/mol. The molecule has 1 unspecified atom stereocenters. The predicted octanol–water partition coefficient (Wildman–Crippen LogP) is 3.82. The van der Waals surface area contributed by atoms with Crippen molar-refractivity contribution in [2.45, 2.75) is 32.2 Å². The number of rotatable bonds is 3. The van der Waals surface area contributed by atoms with Gasteiger partial charge in [-0.05, 0) is 34.2 Å². The molecule has 21 heavy (non-hydrogen) atoms. The van der Waals surface area contributed by atoms with Crippen molar-refractivity contribution in [2.24, 2.45) is 5.84 Å². The quantitative estimate of drug-likeness (QED) is 0.666. The lowest BCUT2D eigenvalue weighted by Crippen LogP contribution is -2.29. The molecule has 0 heterocycles. The van der Waals surface area contributed by atoms with Gasteiger partial charge in [-0.3, -0.25) is 5.84 Å². The van der Waals surface area contributed by atoms with Crippen molar-refractivity contribution in [3.05, 3.63) is 70.8 Å². The van der Waals surface area contributed by atoms with Crippen LogP contribution in [-0.2, 0) is 5.41 Å². The normalized spacial score (nSPS) is 13.2. The second-order valence-corrected chi connectivity index (χ2v) is 6.17. The van der Waals surface area contributed by atoms with Crippen molar-refractivity contribution in [3.63, 3.8) is 0 Å². The topological polar surface area (TPSA) is 38.0 Å². The zero-order valence-electron chi connectivity index (χ0n) is 12.5. The number of nitrogens with two attached hydrogens (primary N) is 1. The van der Waals surface area contributed by atoms with E-state index in [4.69, 9.17) is 5.84 Å². The highest BCUT2D eigenvalue weighted by Crippen LogP contribution is 2.27. The molecule has 0 saturated heterocycles. The molecule has 2 nitrogen and oxygen atoms in total. The van der Waals surface area contributed by atoms with Gasteiger partial charge < -0.3 is 0 Å². The van der Waals surface area contributed by atoms with Gasteiger partial charge in [0.05, 0.1) is 6.04 Å². The molecule has 2 aromatic rings. The van der Waals surface area contributed by atoms with E-state index in [1.807, 2.05) is 24.3 Å². The van der Waals surface area contributed by atoms with Gasteiger partial charge in [0.1, 0.15) is 11.6 Å². The number of hydrogen-bond donors (Lipinski definition) is 2. The Morgan fingerprint density at radius 2 is 1.43 bits per heavy atom. The summed E-state index contributed by atoms with van der Waals surface area (Å²) in [5, 5.41) is 0. The van der Waals surface area contributed by atoms with Crippen LogP contribution >= 0.6 is 0 Å². The minimum Gasteiger partial charge on any atom is -0.271 e. The fraction of sp³-hybridized carbons (Fsp3) is 0.294. The summed E-state index contributed by atoms with van der Waals surface area (Å²) in [6, 6.07) is 10.8. The van der Waals surface area contributed by atoms with Crippen LogP contribution in [0.1, 0.15) is 43.5 Å². The number of hydrogen-bond acceptors (Lipinski definition) is 2. The Hall–Kier alpha value is -1.78. The summed E-state index contributed by atoms with van der Waals surface area (Å²) < 4.78 is 26.7. The third-order valence-electron chi connectivity index (χ3n) is 3.49. The van der Waals surface area contributed by atoms with E-state index in [0.29, 0.717) is 5.56 Å². The van der Waals surface area contributed by atoms with Gasteiger partial charge in [-0.2, -0.15) is 0 Å². The predicted molar refractivity (Wildman–Crippen MR) is 80.7 cm³/mol. The Kier molecular flexibility index (Phi) is 4.40. The lowest BCUT2D eigenvalue weighted by atomic mass is 9.86. The summed E-state index contributed by atoms with van der Waals surface area (Å²) in [4.78, 5) is 0. The summed E-state index contributed by atoms with van der Waals surface area (Å²) in [7, 11) is 0. The molecular weight excluding hydrogens is 270 g/mol. The first-order chi connectivity index (χ1) is 9.81. The Labute approximate surface area is 124 Å². The van der Waals surface area contributed by atoms with Gasteiger partial charge in [0.25, 0.3) is 0 Å². The van der Waals surface area contributed by atoms with E-state index in [9.17, 15) is 8.78 Å². The minimum absolute atomic E-state index is 0.0507. The summed E-state index contributed by atoms with van der Waals surface area (Å²) in [5.41, 5.74) is 5.17. The van der Waals surface area contributed by atoms with Crippen molar-refractivity contribution >= 4 is 0 Å². The maximum Gasteiger partial charge on any atom is 0.126 e. The number of hydrazine groups is 1. The first kappa shape index (κ1) is 15.6. The molecule has 0 spiro atoms. The highest BCUT2D eigenvalue weighted by molar-refractivity contribution is 5.35. The van der Waals surface area contributed by atoms with Gasteiger partial charge in [0, 0.05) is 6.07 Å². The van der Waals surface area contributed by atoms with E-state index in [1.165, 1.54) is 17.7 Å². The van der Waals surface area contributed by atoms with Gasteiger partial charge in [0.2, 0.25) is 0 Å². The van der Waals surface area contributed by atoms with Crippen LogP contribution in [0.2, 0.25) is 0 Å². The first-order valence-electron chi connectivity index (χ1n) is 6.84. The molecule has 0 fully saturated rings. The molecule has 3 N–H and O–H groups in total. The molecule has 4 heteroatoms. The van der Waals surface area contributed by atoms with Gasteiger partial charge in [-0.15, -0.1) is 0 Å². The summed E-state index contributed by atoms with van der Waals surface area (Å²) in [5.74, 6) is 4.34. The van der Waals surface area contributed by atoms with Crippen LogP contribution in [0.15, 0.2) is 42.5 Å². The zero-order chi connectivity index (χ0) is 15.6. The standard InChI is InChI=1S/C17H20F2N2/c1-17(2,3)13-6-4-11(5-7-13)16(21-20)12-8-14(18)10-15(19)9-12/h4-10,16,21H,20H2,1-3H3. The van der Waals surface area contributed by atoms with Gasteiger partial charge in [-0.1, -0.05) is 45.0 Å². The third-order valence-corrected chi connectivity index (χ3v) is 3.49. The Morgan fingerprint density at radius 1 is 0.905 bits per heavy atom. The Balaban J connectivity index is 2.37. The second-order valence-electron chi connectivity index (χ2n) is 6.17. The van der Waals surface area contributed by atoms with Gasteiger partial charge in [-0.25, -0.2) is 14.2 Å². The lowest BCUT2D eigenvalue weighted by molar-refractivity contribution is 0.565. The number of nitrogens with one attached hydrogen (secondary N) is 1. The maximum absolute atomic E-state index is 13.4. The number of benzene rings is 2. The summed E-state index contributed by atoms with van der Waals surface area (Å²) in [6.07, 6.45) is 0. The molecule has 0 aliphatic heterocycles. The molecule has 0 bridgehead atoms. The lowest BCUT2D eigenvalue weighted by Gasteiger charge is -2.21. The Bertz CT molecular complexity index is 595. The van der Waals surface area contributed by atoms with Crippen molar-refractivity contribution in [3.8, 4) is 0 Å². The van der Waals surface area contributed by atoms with Crippen LogP contribution in [0.4, 0.5) is 8.78 Å². The van der Waals surface area contributed by atoms with E-state index in [-0.39, 0.29) is 5.41 Å².